The lowest BCUT2D eigenvalue weighted by Crippen LogP contribution is -2.45. The molecule has 1 saturated carbocycles. The smallest absolute Gasteiger partial charge is 0.241 e. The molecular weight excluding hydrogens is 314 g/mol. The van der Waals surface area contributed by atoms with Crippen molar-refractivity contribution in [2.75, 3.05) is 19.6 Å². The van der Waals surface area contributed by atoms with Gasteiger partial charge >= 0.3 is 0 Å². The van der Waals surface area contributed by atoms with Crippen molar-refractivity contribution in [1.29, 1.82) is 0 Å². The third kappa shape index (κ3) is 5.05. The zero-order valence-electron chi connectivity index (χ0n) is 14.8. The Labute approximate surface area is 150 Å². The van der Waals surface area contributed by atoms with Crippen molar-refractivity contribution in [3.8, 4) is 0 Å². The van der Waals surface area contributed by atoms with Crippen molar-refractivity contribution in [2.45, 2.75) is 44.6 Å². The number of amides is 2. The molecule has 136 valence electrons. The second kappa shape index (κ2) is 8.48. The van der Waals surface area contributed by atoms with Crippen LogP contribution in [0, 0.1) is 11.8 Å². The molecule has 3 N–H and O–H groups in total. The van der Waals surface area contributed by atoms with E-state index in [1.165, 1.54) is 5.56 Å². The standard InChI is InChI=1S/C20H29N3O2/c21-18-7-6-17(13-18)20(25)22-14-19(24)23-10-8-16(9-11-23)12-15-4-2-1-3-5-15/h1-5,16-18H,6-14,21H2,(H,22,25). The van der Waals surface area contributed by atoms with Gasteiger partial charge in [-0.25, -0.2) is 0 Å². The molecule has 2 aliphatic rings. The summed E-state index contributed by atoms with van der Waals surface area (Å²) < 4.78 is 0. The summed E-state index contributed by atoms with van der Waals surface area (Å²) in [5.74, 6) is 0.648. The number of hydrogen-bond acceptors (Lipinski definition) is 3. The first-order chi connectivity index (χ1) is 12.1. The lowest BCUT2D eigenvalue weighted by molar-refractivity contribution is -0.134. The minimum absolute atomic E-state index is 0.0136. The molecule has 2 amide bonds. The highest BCUT2D eigenvalue weighted by molar-refractivity contribution is 5.86. The fraction of sp³-hybridized carbons (Fsp3) is 0.600. The summed E-state index contributed by atoms with van der Waals surface area (Å²) in [6.45, 7) is 1.70. The van der Waals surface area contributed by atoms with Gasteiger partial charge in [0.05, 0.1) is 6.54 Å². The van der Waals surface area contributed by atoms with Crippen molar-refractivity contribution in [2.24, 2.45) is 17.6 Å². The molecule has 2 fully saturated rings. The van der Waals surface area contributed by atoms with E-state index in [1.807, 2.05) is 11.0 Å². The normalized spacial score (nSPS) is 24.3. The van der Waals surface area contributed by atoms with Gasteiger partial charge in [0.2, 0.25) is 11.8 Å². The number of carbonyl (C=O) groups excluding carboxylic acids is 2. The van der Waals surface area contributed by atoms with Crippen LogP contribution in [0.1, 0.15) is 37.7 Å². The third-order valence-corrected chi connectivity index (χ3v) is 5.59. The summed E-state index contributed by atoms with van der Waals surface area (Å²) >= 11 is 0. The number of hydrogen-bond donors (Lipinski definition) is 2. The summed E-state index contributed by atoms with van der Waals surface area (Å²) in [7, 11) is 0. The van der Waals surface area contributed by atoms with Gasteiger partial charge in [0.25, 0.3) is 0 Å². The number of likely N-dealkylation sites (tertiary alicyclic amines) is 1. The predicted octanol–water partition coefficient (Wildman–Crippen LogP) is 1.71. The Morgan fingerprint density at radius 3 is 2.44 bits per heavy atom. The molecule has 1 heterocycles. The minimum atomic E-state index is -0.0144. The molecule has 0 bridgehead atoms. The zero-order valence-corrected chi connectivity index (χ0v) is 14.8. The molecule has 0 radical (unpaired) electrons. The molecule has 5 nitrogen and oxygen atoms in total. The van der Waals surface area contributed by atoms with Gasteiger partial charge in [0, 0.05) is 25.0 Å². The van der Waals surface area contributed by atoms with Crippen molar-refractivity contribution >= 4 is 11.8 Å². The molecule has 25 heavy (non-hydrogen) atoms. The summed E-state index contributed by atoms with van der Waals surface area (Å²) in [5, 5.41) is 2.81. The largest absolute Gasteiger partial charge is 0.347 e. The van der Waals surface area contributed by atoms with Crippen LogP contribution in [-0.4, -0.2) is 42.4 Å². The summed E-state index contributed by atoms with van der Waals surface area (Å²) in [6.07, 6.45) is 5.64. The van der Waals surface area contributed by atoms with Crippen molar-refractivity contribution in [1.82, 2.24) is 10.2 Å². The summed E-state index contributed by atoms with van der Waals surface area (Å²) in [6, 6.07) is 10.7. The lowest BCUT2D eigenvalue weighted by atomic mass is 9.90. The van der Waals surface area contributed by atoms with Gasteiger partial charge in [-0.15, -0.1) is 0 Å². The molecule has 2 atom stereocenters. The molecular formula is C20H29N3O2. The quantitative estimate of drug-likeness (QED) is 0.855. The van der Waals surface area contributed by atoms with Crippen LogP contribution in [0.25, 0.3) is 0 Å². The van der Waals surface area contributed by atoms with E-state index in [2.05, 4.69) is 29.6 Å². The Kier molecular flexibility index (Phi) is 6.08. The number of piperidine rings is 1. The van der Waals surface area contributed by atoms with E-state index in [1.54, 1.807) is 0 Å². The van der Waals surface area contributed by atoms with Crippen LogP contribution in [-0.2, 0) is 16.0 Å². The van der Waals surface area contributed by atoms with Crippen LogP contribution in [0.3, 0.4) is 0 Å². The molecule has 0 spiro atoms. The van der Waals surface area contributed by atoms with E-state index in [9.17, 15) is 9.59 Å². The number of rotatable bonds is 5. The first kappa shape index (κ1) is 17.9. The highest BCUT2D eigenvalue weighted by atomic mass is 16.2. The van der Waals surface area contributed by atoms with Crippen LogP contribution in [0.2, 0.25) is 0 Å². The van der Waals surface area contributed by atoms with Crippen molar-refractivity contribution in [3.63, 3.8) is 0 Å². The van der Waals surface area contributed by atoms with Crippen LogP contribution in [0.4, 0.5) is 0 Å². The lowest BCUT2D eigenvalue weighted by Gasteiger charge is -2.32. The van der Waals surface area contributed by atoms with Crippen LogP contribution in [0.15, 0.2) is 30.3 Å². The number of benzene rings is 1. The Balaban J connectivity index is 1.37. The highest BCUT2D eigenvalue weighted by Crippen LogP contribution is 2.24. The SMILES string of the molecule is NC1CCC(C(=O)NCC(=O)N2CCC(Cc3ccccc3)CC2)C1. The number of nitrogens with one attached hydrogen (secondary N) is 1. The van der Waals surface area contributed by atoms with Gasteiger partial charge in [-0.05, 0) is 50.0 Å². The molecule has 1 aromatic carbocycles. The Bertz CT molecular complexity index is 582. The zero-order chi connectivity index (χ0) is 17.6. The van der Waals surface area contributed by atoms with Gasteiger partial charge in [-0.1, -0.05) is 30.3 Å². The maximum absolute atomic E-state index is 12.3. The maximum atomic E-state index is 12.3. The molecule has 2 unspecified atom stereocenters. The molecule has 1 aliphatic heterocycles. The fourth-order valence-corrected chi connectivity index (χ4v) is 4.01. The molecule has 3 rings (SSSR count). The van der Waals surface area contributed by atoms with Crippen molar-refractivity contribution < 1.29 is 9.59 Å². The van der Waals surface area contributed by atoms with Crippen molar-refractivity contribution in [3.05, 3.63) is 35.9 Å². The average Bonchev–Trinajstić information content (AvgIpc) is 3.07. The van der Waals surface area contributed by atoms with Crippen LogP contribution in [0.5, 0.6) is 0 Å². The van der Waals surface area contributed by atoms with E-state index < -0.39 is 0 Å². The Hall–Kier alpha value is -1.88. The Morgan fingerprint density at radius 2 is 1.80 bits per heavy atom. The number of carbonyl (C=O) groups is 2. The average molecular weight is 343 g/mol. The van der Waals surface area contributed by atoms with Crippen LogP contribution < -0.4 is 11.1 Å². The molecule has 5 heteroatoms. The molecule has 0 aromatic heterocycles. The van der Waals surface area contributed by atoms with E-state index in [-0.39, 0.29) is 30.3 Å². The molecule has 1 aromatic rings. The van der Waals surface area contributed by atoms with Gasteiger partial charge in [-0.2, -0.15) is 0 Å². The van der Waals surface area contributed by atoms with Gasteiger partial charge in [0.15, 0.2) is 0 Å². The minimum Gasteiger partial charge on any atom is -0.347 e. The van der Waals surface area contributed by atoms with E-state index in [4.69, 9.17) is 5.73 Å². The topological polar surface area (TPSA) is 75.4 Å². The second-order valence-electron chi connectivity index (χ2n) is 7.50. The van der Waals surface area contributed by atoms with Gasteiger partial charge in [-0.3, -0.25) is 9.59 Å². The highest BCUT2D eigenvalue weighted by Gasteiger charge is 2.28. The first-order valence-electron chi connectivity index (χ1n) is 9.47. The van der Waals surface area contributed by atoms with Gasteiger partial charge < -0.3 is 16.0 Å². The monoisotopic (exact) mass is 343 g/mol. The first-order valence-corrected chi connectivity index (χ1v) is 9.47. The third-order valence-electron chi connectivity index (χ3n) is 5.59. The summed E-state index contributed by atoms with van der Waals surface area (Å²) in [4.78, 5) is 26.3. The van der Waals surface area contributed by atoms with E-state index >= 15 is 0 Å². The van der Waals surface area contributed by atoms with Gasteiger partial charge in [0.1, 0.15) is 0 Å². The van der Waals surface area contributed by atoms with E-state index in [0.717, 1.165) is 51.6 Å². The van der Waals surface area contributed by atoms with Crippen LogP contribution >= 0.6 is 0 Å². The number of nitrogens with two attached hydrogens (primary N) is 1. The fourth-order valence-electron chi connectivity index (χ4n) is 4.01. The number of nitrogens with zero attached hydrogens (tertiary/aromatic N) is 1. The second-order valence-corrected chi connectivity index (χ2v) is 7.50. The maximum Gasteiger partial charge on any atom is 0.241 e. The van der Waals surface area contributed by atoms with E-state index in [0.29, 0.717) is 5.92 Å². The Morgan fingerprint density at radius 1 is 1.08 bits per heavy atom. The molecule has 1 aliphatic carbocycles. The molecule has 1 saturated heterocycles. The predicted molar refractivity (Wildman–Crippen MR) is 97.8 cm³/mol. The summed E-state index contributed by atoms with van der Waals surface area (Å²) in [5.41, 5.74) is 7.22.